The maximum atomic E-state index is 13.1. The van der Waals surface area contributed by atoms with E-state index in [0.717, 1.165) is 6.29 Å². The van der Waals surface area contributed by atoms with E-state index in [1.54, 1.807) is 18.2 Å². The zero-order chi connectivity index (χ0) is 9.26. The minimum absolute atomic E-state index is 0.189. The molecule has 0 atom stereocenters. The molecule has 1 aromatic carbocycles. The Morgan fingerprint density at radius 1 is 1.46 bits per heavy atom. The number of fused-ring (bicyclic) bond motifs is 1. The molecule has 0 radical (unpaired) electrons. The van der Waals surface area contributed by atoms with Crippen molar-refractivity contribution < 1.29 is 13.6 Å². The van der Waals surface area contributed by atoms with Gasteiger partial charge in [0.2, 0.25) is 0 Å². The molecule has 0 bridgehead atoms. The third-order valence-electron chi connectivity index (χ3n) is 1.84. The highest BCUT2D eigenvalue weighted by atomic mass is 19.1. The van der Waals surface area contributed by atoms with Gasteiger partial charge in [0, 0.05) is 0 Å². The summed E-state index contributed by atoms with van der Waals surface area (Å²) in [6, 6.07) is 6.17. The van der Waals surface area contributed by atoms with Gasteiger partial charge in [0.15, 0.2) is 0 Å². The Bertz CT molecular complexity index is 445. The van der Waals surface area contributed by atoms with Gasteiger partial charge in [-0.3, -0.25) is 0 Å². The van der Waals surface area contributed by atoms with Crippen LogP contribution in [0.4, 0.5) is 4.39 Å². The number of halogens is 1. The normalized spacial score (nSPS) is 10.5. The number of rotatable bonds is 2. The van der Waals surface area contributed by atoms with E-state index < -0.39 is 0 Å². The van der Waals surface area contributed by atoms with E-state index in [-0.39, 0.29) is 12.2 Å². The van der Waals surface area contributed by atoms with Crippen LogP contribution in [0.3, 0.4) is 0 Å². The first-order valence-corrected chi connectivity index (χ1v) is 3.92. The van der Waals surface area contributed by atoms with E-state index in [4.69, 9.17) is 4.42 Å². The van der Waals surface area contributed by atoms with Gasteiger partial charge in [0.25, 0.3) is 0 Å². The van der Waals surface area contributed by atoms with Crippen LogP contribution in [0.5, 0.6) is 0 Å². The van der Waals surface area contributed by atoms with Crippen LogP contribution in [0.2, 0.25) is 0 Å². The number of furan rings is 1. The number of hydrogen-bond acceptors (Lipinski definition) is 2. The fourth-order valence-electron chi connectivity index (χ4n) is 1.26. The monoisotopic (exact) mass is 178 g/mol. The van der Waals surface area contributed by atoms with Crippen LogP contribution in [0, 0.1) is 5.82 Å². The quantitative estimate of drug-likeness (QED) is 0.660. The molecular formula is C10H7FO2. The fourth-order valence-corrected chi connectivity index (χ4v) is 1.26. The molecule has 0 saturated carbocycles. The summed E-state index contributed by atoms with van der Waals surface area (Å²) in [6.45, 7) is 0. The lowest BCUT2D eigenvalue weighted by Gasteiger charge is -1.87. The van der Waals surface area contributed by atoms with Crippen LogP contribution >= 0.6 is 0 Å². The third-order valence-corrected chi connectivity index (χ3v) is 1.84. The molecule has 1 heterocycles. The van der Waals surface area contributed by atoms with Crippen LogP contribution in [0.1, 0.15) is 5.76 Å². The Kier molecular flexibility index (Phi) is 1.85. The van der Waals surface area contributed by atoms with Gasteiger partial charge in [0.05, 0.1) is 11.8 Å². The van der Waals surface area contributed by atoms with Gasteiger partial charge < -0.3 is 9.21 Å². The molecule has 0 unspecified atom stereocenters. The molecule has 13 heavy (non-hydrogen) atoms. The van der Waals surface area contributed by atoms with Gasteiger partial charge in [-0.2, -0.15) is 0 Å². The number of carbonyl (C=O) groups excluding carboxylic acids is 1. The first-order valence-electron chi connectivity index (χ1n) is 3.92. The van der Waals surface area contributed by atoms with Gasteiger partial charge in [-0.25, -0.2) is 4.39 Å². The highest BCUT2D eigenvalue weighted by Gasteiger charge is 2.06. The summed E-state index contributed by atoms with van der Waals surface area (Å²) >= 11 is 0. The molecule has 0 saturated heterocycles. The van der Waals surface area contributed by atoms with E-state index in [2.05, 4.69) is 0 Å². The minimum atomic E-state index is -0.321. The summed E-state index contributed by atoms with van der Waals surface area (Å²) in [6.07, 6.45) is 0.920. The molecule has 0 spiro atoms. The second-order valence-electron chi connectivity index (χ2n) is 2.74. The van der Waals surface area contributed by atoms with Crippen molar-refractivity contribution >= 4 is 17.3 Å². The van der Waals surface area contributed by atoms with E-state index >= 15 is 0 Å². The van der Waals surface area contributed by atoms with Crippen molar-refractivity contribution in [3.63, 3.8) is 0 Å². The summed E-state index contributed by atoms with van der Waals surface area (Å²) < 4.78 is 18.3. The lowest BCUT2D eigenvalue weighted by Crippen LogP contribution is -1.78. The maximum absolute atomic E-state index is 13.1. The zero-order valence-electron chi connectivity index (χ0n) is 6.79. The summed E-state index contributed by atoms with van der Waals surface area (Å²) in [7, 11) is 0. The van der Waals surface area contributed by atoms with Crippen LogP contribution < -0.4 is 0 Å². The van der Waals surface area contributed by atoms with Gasteiger partial charge in [-0.15, -0.1) is 0 Å². The van der Waals surface area contributed by atoms with Crippen molar-refractivity contribution in [3.05, 3.63) is 35.8 Å². The molecule has 2 aromatic rings. The topological polar surface area (TPSA) is 30.2 Å². The van der Waals surface area contributed by atoms with Crippen molar-refractivity contribution in [2.24, 2.45) is 0 Å². The lowest BCUT2D eigenvalue weighted by molar-refractivity contribution is -0.107. The average molecular weight is 178 g/mol. The van der Waals surface area contributed by atoms with Gasteiger partial charge >= 0.3 is 0 Å². The van der Waals surface area contributed by atoms with Crippen LogP contribution in [-0.4, -0.2) is 6.29 Å². The highest BCUT2D eigenvalue weighted by molar-refractivity contribution is 5.79. The number of carbonyl (C=O) groups is 1. The predicted molar refractivity (Wildman–Crippen MR) is 45.9 cm³/mol. The molecule has 0 fully saturated rings. The van der Waals surface area contributed by atoms with Gasteiger partial charge in [0.1, 0.15) is 23.4 Å². The molecule has 2 nitrogen and oxygen atoms in total. The van der Waals surface area contributed by atoms with Gasteiger partial charge in [-0.05, 0) is 18.2 Å². The van der Waals surface area contributed by atoms with E-state index in [9.17, 15) is 9.18 Å². The van der Waals surface area contributed by atoms with Crippen LogP contribution in [0.15, 0.2) is 28.7 Å². The number of benzene rings is 1. The Labute approximate surface area is 74.0 Å². The molecule has 1 aromatic heterocycles. The molecular weight excluding hydrogens is 171 g/mol. The zero-order valence-corrected chi connectivity index (χ0v) is 6.79. The second kappa shape index (κ2) is 3.01. The van der Waals surface area contributed by atoms with E-state index in [1.165, 1.54) is 6.07 Å². The maximum Gasteiger partial charge on any atom is 0.137 e. The molecule has 0 amide bonds. The Morgan fingerprint density at radius 3 is 3.00 bits per heavy atom. The Balaban J connectivity index is 2.61. The van der Waals surface area contributed by atoms with Crippen molar-refractivity contribution in [2.45, 2.75) is 6.42 Å². The Hall–Kier alpha value is -1.64. The fraction of sp³-hybridized carbons (Fsp3) is 0.100. The summed E-state index contributed by atoms with van der Waals surface area (Å²) in [5.41, 5.74) is 0.483. The number of hydrogen-bond donors (Lipinski definition) is 0. The molecule has 0 N–H and O–H groups in total. The second-order valence-corrected chi connectivity index (χ2v) is 2.74. The van der Waals surface area contributed by atoms with Crippen LogP contribution in [0.25, 0.3) is 11.0 Å². The summed E-state index contributed by atoms with van der Waals surface area (Å²) in [5.74, 6) is 0.175. The molecule has 0 aliphatic rings. The first kappa shape index (κ1) is 7.98. The standard InChI is InChI=1S/C10H7FO2/c11-9-2-1-3-10-8(9)6-7(13-10)4-5-12/h1-3,5-6H,4H2. The smallest absolute Gasteiger partial charge is 0.137 e. The predicted octanol–water partition coefficient (Wildman–Crippen LogP) is 2.31. The minimum Gasteiger partial charge on any atom is -0.461 e. The Morgan fingerprint density at radius 2 is 2.31 bits per heavy atom. The first-order chi connectivity index (χ1) is 6.31. The average Bonchev–Trinajstić information content (AvgIpc) is 2.49. The molecule has 0 aliphatic carbocycles. The van der Waals surface area contributed by atoms with Crippen molar-refractivity contribution in [1.29, 1.82) is 0 Å². The lowest BCUT2D eigenvalue weighted by atomic mass is 10.2. The van der Waals surface area contributed by atoms with Crippen LogP contribution in [-0.2, 0) is 11.2 Å². The molecule has 0 aliphatic heterocycles. The summed E-state index contributed by atoms with van der Waals surface area (Å²) in [4.78, 5) is 10.2. The van der Waals surface area contributed by atoms with Crippen molar-refractivity contribution in [1.82, 2.24) is 0 Å². The van der Waals surface area contributed by atoms with Crippen molar-refractivity contribution in [3.8, 4) is 0 Å². The van der Waals surface area contributed by atoms with Gasteiger partial charge in [-0.1, -0.05) is 6.07 Å². The molecule has 3 heteroatoms. The summed E-state index contributed by atoms with van der Waals surface area (Å²) in [5, 5.41) is 0.430. The molecule has 66 valence electrons. The highest BCUT2D eigenvalue weighted by Crippen LogP contribution is 2.21. The number of aldehydes is 1. The van der Waals surface area contributed by atoms with Crippen molar-refractivity contribution in [2.75, 3.05) is 0 Å². The molecule has 2 rings (SSSR count). The SMILES string of the molecule is O=CCc1cc2c(F)cccc2o1. The largest absolute Gasteiger partial charge is 0.461 e. The van der Waals surface area contributed by atoms with E-state index in [1.807, 2.05) is 0 Å². The third kappa shape index (κ3) is 1.33. The van der Waals surface area contributed by atoms with E-state index in [0.29, 0.717) is 16.7 Å².